The van der Waals surface area contributed by atoms with Crippen molar-refractivity contribution >= 4 is 11.6 Å². The van der Waals surface area contributed by atoms with E-state index in [0.29, 0.717) is 6.42 Å². The summed E-state index contributed by atoms with van der Waals surface area (Å²) in [4.78, 5) is 13.6. The second kappa shape index (κ2) is 3.62. The highest BCUT2D eigenvalue weighted by Gasteiger charge is 2.24. The van der Waals surface area contributed by atoms with Gasteiger partial charge < -0.3 is 4.90 Å². The van der Waals surface area contributed by atoms with Crippen LogP contribution in [0.4, 0.5) is 5.69 Å². The van der Waals surface area contributed by atoms with Crippen LogP contribution >= 0.6 is 0 Å². The molecule has 0 saturated carbocycles. The second-order valence-corrected chi connectivity index (χ2v) is 5.12. The van der Waals surface area contributed by atoms with Crippen LogP contribution < -0.4 is 4.90 Å². The van der Waals surface area contributed by atoms with E-state index in [0.717, 1.165) is 24.6 Å². The van der Waals surface area contributed by atoms with Crippen LogP contribution in [0.15, 0.2) is 18.2 Å². The van der Waals surface area contributed by atoms with E-state index in [2.05, 4.69) is 25.1 Å². The fraction of sp³-hybridized carbons (Fsp3) is 0.500. The highest BCUT2D eigenvalue weighted by atomic mass is 16.2. The maximum atomic E-state index is 11.7. The molecule has 0 spiro atoms. The number of nitrogens with zero attached hydrogens (tertiary/aromatic N) is 1. The van der Waals surface area contributed by atoms with Crippen molar-refractivity contribution in [3.05, 3.63) is 29.3 Å². The molecular formula is C14H17NO. The molecule has 0 N–H and O–H groups in total. The molecule has 1 aromatic carbocycles. The first-order valence-electron chi connectivity index (χ1n) is 6.16. The first-order chi connectivity index (χ1) is 7.74. The molecule has 0 radical (unpaired) electrons. The van der Waals surface area contributed by atoms with Gasteiger partial charge in [-0.1, -0.05) is 13.0 Å². The quantitative estimate of drug-likeness (QED) is 0.705. The van der Waals surface area contributed by atoms with Crippen molar-refractivity contribution in [2.75, 3.05) is 11.4 Å². The molecule has 84 valence electrons. The zero-order valence-electron chi connectivity index (χ0n) is 9.70. The summed E-state index contributed by atoms with van der Waals surface area (Å²) in [6.45, 7) is 3.19. The summed E-state index contributed by atoms with van der Waals surface area (Å²) in [5, 5.41) is 0. The average molecular weight is 215 g/mol. The van der Waals surface area contributed by atoms with E-state index in [1.54, 1.807) is 0 Å². The van der Waals surface area contributed by atoms with Crippen LogP contribution in [0.5, 0.6) is 0 Å². The number of benzene rings is 1. The van der Waals surface area contributed by atoms with E-state index < -0.39 is 0 Å². The van der Waals surface area contributed by atoms with Crippen LogP contribution in [0.3, 0.4) is 0 Å². The maximum Gasteiger partial charge on any atom is 0.227 e. The Morgan fingerprint density at radius 1 is 1.25 bits per heavy atom. The van der Waals surface area contributed by atoms with Gasteiger partial charge in [0.2, 0.25) is 5.91 Å². The lowest BCUT2D eigenvalue weighted by Crippen LogP contribution is -2.23. The third kappa shape index (κ3) is 1.53. The first kappa shape index (κ1) is 9.88. The topological polar surface area (TPSA) is 20.3 Å². The first-order valence-corrected chi connectivity index (χ1v) is 6.16. The number of fused-ring (bicyclic) bond motifs is 1. The average Bonchev–Trinajstić information content (AvgIpc) is 2.81. The van der Waals surface area contributed by atoms with Crippen molar-refractivity contribution in [2.45, 2.75) is 32.6 Å². The van der Waals surface area contributed by atoms with Gasteiger partial charge in [-0.3, -0.25) is 4.79 Å². The van der Waals surface area contributed by atoms with E-state index in [-0.39, 0.29) is 5.91 Å². The van der Waals surface area contributed by atoms with Gasteiger partial charge in [-0.05, 0) is 48.4 Å². The molecule has 1 aromatic rings. The lowest BCUT2D eigenvalue weighted by molar-refractivity contribution is -0.117. The molecule has 1 unspecified atom stereocenters. The molecule has 0 bridgehead atoms. The molecule has 0 aromatic heterocycles. The normalized spacial score (nSPS) is 23.9. The van der Waals surface area contributed by atoms with Gasteiger partial charge in [0.15, 0.2) is 0 Å². The van der Waals surface area contributed by atoms with Crippen molar-refractivity contribution in [1.29, 1.82) is 0 Å². The Hall–Kier alpha value is -1.31. The smallest absolute Gasteiger partial charge is 0.227 e. The van der Waals surface area contributed by atoms with E-state index in [9.17, 15) is 4.79 Å². The molecule has 1 fully saturated rings. The number of rotatable bonds is 1. The number of hydrogen-bond acceptors (Lipinski definition) is 1. The Morgan fingerprint density at radius 2 is 2.06 bits per heavy atom. The number of anilines is 1. The molecule has 16 heavy (non-hydrogen) atoms. The van der Waals surface area contributed by atoms with Gasteiger partial charge in [0, 0.05) is 18.7 Å². The molecule has 1 aliphatic carbocycles. The van der Waals surface area contributed by atoms with Gasteiger partial charge in [0.1, 0.15) is 0 Å². The van der Waals surface area contributed by atoms with Gasteiger partial charge >= 0.3 is 0 Å². The molecule has 2 heteroatoms. The zero-order chi connectivity index (χ0) is 11.1. The van der Waals surface area contributed by atoms with Crippen LogP contribution in [0.25, 0.3) is 0 Å². The molecule has 2 aliphatic rings. The highest BCUT2D eigenvalue weighted by molar-refractivity contribution is 5.95. The van der Waals surface area contributed by atoms with E-state index in [4.69, 9.17) is 0 Å². The Labute approximate surface area is 96.3 Å². The number of amides is 1. The fourth-order valence-corrected chi connectivity index (χ4v) is 2.91. The van der Waals surface area contributed by atoms with Crippen LogP contribution in [-0.2, 0) is 17.6 Å². The SMILES string of the molecule is CC1Cc2ccc(N3CCCC3=O)cc2C1. The molecule has 1 amide bonds. The second-order valence-electron chi connectivity index (χ2n) is 5.12. The summed E-state index contributed by atoms with van der Waals surface area (Å²) in [6, 6.07) is 6.54. The Kier molecular flexibility index (Phi) is 2.23. The predicted molar refractivity (Wildman–Crippen MR) is 64.6 cm³/mol. The van der Waals surface area contributed by atoms with Crippen LogP contribution in [0.2, 0.25) is 0 Å². The number of hydrogen-bond donors (Lipinski definition) is 0. The molecule has 3 rings (SSSR count). The standard InChI is InChI=1S/C14H17NO/c1-10-7-11-4-5-13(9-12(11)8-10)15-6-2-3-14(15)16/h4-5,9-10H,2-3,6-8H2,1H3. The predicted octanol–water partition coefficient (Wildman–Crippen LogP) is 2.55. The highest BCUT2D eigenvalue weighted by Crippen LogP contribution is 2.31. The molecule has 1 atom stereocenters. The van der Waals surface area contributed by atoms with Gasteiger partial charge in [0.05, 0.1) is 0 Å². The lowest BCUT2D eigenvalue weighted by Gasteiger charge is -2.16. The lowest BCUT2D eigenvalue weighted by atomic mass is 10.1. The Bertz CT molecular complexity index is 438. The number of carbonyl (C=O) groups is 1. The zero-order valence-corrected chi connectivity index (χ0v) is 9.70. The summed E-state index contributed by atoms with van der Waals surface area (Å²) in [5.74, 6) is 1.05. The largest absolute Gasteiger partial charge is 0.312 e. The minimum Gasteiger partial charge on any atom is -0.312 e. The van der Waals surface area contributed by atoms with Crippen LogP contribution in [-0.4, -0.2) is 12.5 Å². The van der Waals surface area contributed by atoms with Crippen molar-refractivity contribution in [2.24, 2.45) is 5.92 Å². The van der Waals surface area contributed by atoms with E-state index in [1.807, 2.05) is 4.90 Å². The molecular weight excluding hydrogens is 198 g/mol. The summed E-state index contributed by atoms with van der Waals surface area (Å²) < 4.78 is 0. The molecule has 1 saturated heterocycles. The van der Waals surface area contributed by atoms with E-state index in [1.165, 1.54) is 24.0 Å². The van der Waals surface area contributed by atoms with Crippen molar-refractivity contribution in [1.82, 2.24) is 0 Å². The monoisotopic (exact) mass is 215 g/mol. The molecule has 2 nitrogen and oxygen atoms in total. The minimum absolute atomic E-state index is 0.283. The Morgan fingerprint density at radius 3 is 2.81 bits per heavy atom. The summed E-state index contributed by atoms with van der Waals surface area (Å²) in [5.41, 5.74) is 4.03. The van der Waals surface area contributed by atoms with Gasteiger partial charge in [-0.2, -0.15) is 0 Å². The van der Waals surface area contributed by atoms with Crippen LogP contribution in [0, 0.1) is 5.92 Å². The Balaban J connectivity index is 1.93. The fourth-order valence-electron chi connectivity index (χ4n) is 2.91. The van der Waals surface area contributed by atoms with E-state index >= 15 is 0 Å². The van der Waals surface area contributed by atoms with Crippen LogP contribution in [0.1, 0.15) is 30.9 Å². The van der Waals surface area contributed by atoms with Gasteiger partial charge in [-0.15, -0.1) is 0 Å². The third-order valence-corrected chi connectivity index (χ3v) is 3.71. The summed E-state index contributed by atoms with van der Waals surface area (Å²) in [6.07, 6.45) is 4.09. The van der Waals surface area contributed by atoms with Crippen molar-refractivity contribution in [3.63, 3.8) is 0 Å². The molecule has 1 heterocycles. The van der Waals surface area contributed by atoms with Gasteiger partial charge in [0.25, 0.3) is 0 Å². The molecule has 1 aliphatic heterocycles. The minimum atomic E-state index is 0.283. The van der Waals surface area contributed by atoms with Gasteiger partial charge in [-0.25, -0.2) is 0 Å². The summed E-state index contributed by atoms with van der Waals surface area (Å²) in [7, 11) is 0. The summed E-state index contributed by atoms with van der Waals surface area (Å²) >= 11 is 0. The maximum absolute atomic E-state index is 11.7. The van der Waals surface area contributed by atoms with Crippen molar-refractivity contribution in [3.8, 4) is 0 Å². The van der Waals surface area contributed by atoms with Crippen molar-refractivity contribution < 1.29 is 4.79 Å². The third-order valence-electron chi connectivity index (χ3n) is 3.71. The number of carbonyl (C=O) groups excluding carboxylic acids is 1.